The van der Waals surface area contributed by atoms with E-state index in [9.17, 15) is 13.2 Å². The molecule has 1 heterocycles. The van der Waals surface area contributed by atoms with Crippen LogP contribution in [0.15, 0.2) is 12.7 Å². The van der Waals surface area contributed by atoms with Crippen LogP contribution in [0.1, 0.15) is 6.30 Å². The normalized spacial score (nSPS) is 16.4. The number of aliphatic hydroxyl groups is 1. The second-order valence-corrected chi connectivity index (χ2v) is 2.07. The molecule has 1 rings (SSSR count). The smallest absolute Gasteiger partial charge is 0.268 e. The Morgan fingerprint density at radius 2 is 2.00 bits per heavy atom. The number of aromatic nitrogens is 3. The zero-order valence-corrected chi connectivity index (χ0v) is 5.81. The van der Waals surface area contributed by atoms with E-state index in [0.29, 0.717) is 4.68 Å². The van der Waals surface area contributed by atoms with Crippen molar-refractivity contribution in [2.24, 2.45) is 0 Å². The minimum Gasteiger partial charge on any atom is -0.382 e. The van der Waals surface area contributed by atoms with Crippen molar-refractivity contribution in [1.29, 1.82) is 0 Å². The summed E-state index contributed by atoms with van der Waals surface area (Å²) in [6.07, 6.45) is -5.86. The molecule has 0 aliphatic rings. The molecular weight excluding hydrogens is 175 g/mol. The van der Waals surface area contributed by atoms with Gasteiger partial charge in [0.2, 0.25) is 6.30 Å². The van der Waals surface area contributed by atoms with E-state index in [-0.39, 0.29) is 0 Å². The van der Waals surface area contributed by atoms with Gasteiger partial charge in [0.05, 0.1) is 0 Å². The van der Waals surface area contributed by atoms with Crippen LogP contribution in [0.3, 0.4) is 0 Å². The fourth-order valence-corrected chi connectivity index (χ4v) is 0.621. The molecule has 0 saturated carbocycles. The molecule has 0 saturated heterocycles. The number of hydrogen-bond acceptors (Lipinski definition) is 3. The lowest BCUT2D eigenvalue weighted by Crippen LogP contribution is -2.27. The Kier molecular flexibility index (Phi) is 2.64. The van der Waals surface area contributed by atoms with Gasteiger partial charge < -0.3 is 5.11 Å². The highest BCUT2D eigenvalue weighted by atomic mass is 19.3. The second-order valence-electron chi connectivity index (χ2n) is 2.07. The summed E-state index contributed by atoms with van der Waals surface area (Å²) in [5.74, 6) is 0. The topological polar surface area (TPSA) is 50.9 Å². The maximum atomic E-state index is 12.7. The predicted octanol–water partition coefficient (Wildman–Crippen LogP) is 0.372. The minimum absolute atomic E-state index is 0.525. The molecule has 0 amide bonds. The first-order valence-corrected chi connectivity index (χ1v) is 3.07. The van der Waals surface area contributed by atoms with Crippen molar-refractivity contribution in [3.8, 4) is 0 Å². The zero-order valence-electron chi connectivity index (χ0n) is 5.81. The average molecular weight is 181 g/mol. The average Bonchev–Trinajstić information content (AvgIpc) is 2.53. The van der Waals surface area contributed by atoms with Gasteiger partial charge in [-0.25, -0.2) is 22.8 Å². The van der Waals surface area contributed by atoms with Gasteiger partial charge in [-0.3, -0.25) is 0 Å². The van der Waals surface area contributed by atoms with Gasteiger partial charge in [0.15, 0.2) is 6.10 Å². The third kappa shape index (κ3) is 1.73. The van der Waals surface area contributed by atoms with Gasteiger partial charge in [0.25, 0.3) is 6.43 Å². The van der Waals surface area contributed by atoms with Gasteiger partial charge in [0.1, 0.15) is 12.7 Å². The number of halogens is 3. The highest BCUT2D eigenvalue weighted by molar-refractivity contribution is 4.69. The Balaban J connectivity index is 2.65. The lowest BCUT2D eigenvalue weighted by molar-refractivity contribution is -0.0756. The molecule has 2 atom stereocenters. The summed E-state index contributed by atoms with van der Waals surface area (Å²) in [5, 5.41) is 11.8. The second kappa shape index (κ2) is 3.53. The van der Waals surface area contributed by atoms with Crippen molar-refractivity contribution in [3.05, 3.63) is 12.7 Å². The molecule has 1 N–H and O–H groups in total. The quantitative estimate of drug-likeness (QED) is 0.733. The first kappa shape index (κ1) is 8.98. The van der Waals surface area contributed by atoms with E-state index in [1.807, 2.05) is 0 Å². The molecule has 0 radical (unpaired) electrons. The van der Waals surface area contributed by atoms with Gasteiger partial charge in [0, 0.05) is 0 Å². The van der Waals surface area contributed by atoms with Crippen LogP contribution in [0.5, 0.6) is 0 Å². The van der Waals surface area contributed by atoms with Crippen molar-refractivity contribution >= 4 is 0 Å². The molecule has 7 heteroatoms. The fourth-order valence-electron chi connectivity index (χ4n) is 0.621. The Bertz CT molecular complexity index is 228. The molecule has 0 aliphatic carbocycles. The fraction of sp³-hybridized carbons (Fsp3) is 0.600. The molecule has 4 nitrogen and oxygen atoms in total. The predicted molar refractivity (Wildman–Crippen MR) is 32.2 cm³/mol. The molecule has 0 fully saturated rings. The Labute approximate surface area is 65.6 Å². The number of nitrogens with zero attached hydrogens (tertiary/aromatic N) is 3. The van der Waals surface area contributed by atoms with Crippen molar-refractivity contribution < 1.29 is 18.3 Å². The van der Waals surface area contributed by atoms with Crippen molar-refractivity contribution in [3.63, 3.8) is 0 Å². The van der Waals surface area contributed by atoms with Crippen molar-refractivity contribution in [2.45, 2.75) is 18.8 Å². The molecule has 68 valence electrons. The summed E-state index contributed by atoms with van der Waals surface area (Å²) in [5.41, 5.74) is 0. The molecule has 1 aromatic rings. The Morgan fingerprint density at radius 3 is 2.42 bits per heavy atom. The monoisotopic (exact) mass is 181 g/mol. The molecular formula is C5H6F3N3O. The first-order valence-electron chi connectivity index (χ1n) is 3.07. The summed E-state index contributed by atoms with van der Waals surface area (Å²) >= 11 is 0. The molecule has 1 aromatic heterocycles. The van der Waals surface area contributed by atoms with Crippen LogP contribution in [-0.4, -0.2) is 32.4 Å². The van der Waals surface area contributed by atoms with E-state index in [1.165, 1.54) is 0 Å². The summed E-state index contributed by atoms with van der Waals surface area (Å²) < 4.78 is 36.7. The van der Waals surface area contributed by atoms with Crippen LogP contribution < -0.4 is 0 Å². The summed E-state index contributed by atoms with van der Waals surface area (Å²) in [6, 6.07) is 0. The van der Waals surface area contributed by atoms with Crippen molar-refractivity contribution in [2.75, 3.05) is 0 Å². The first-order chi connectivity index (χ1) is 5.63. The summed E-state index contributed by atoms with van der Waals surface area (Å²) in [4.78, 5) is 3.34. The van der Waals surface area contributed by atoms with Gasteiger partial charge in [-0.2, -0.15) is 5.10 Å². The van der Waals surface area contributed by atoms with Crippen LogP contribution in [0.4, 0.5) is 13.2 Å². The third-order valence-corrected chi connectivity index (χ3v) is 1.23. The van der Waals surface area contributed by atoms with E-state index in [2.05, 4.69) is 10.1 Å². The van der Waals surface area contributed by atoms with E-state index < -0.39 is 18.8 Å². The van der Waals surface area contributed by atoms with E-state index in [0.717, 1.165) is 12.7 Å². The maximum absolute atomic E-state index is 12.7. The Morgan fingerprint density at radius 1 is 1.33 bits per heavy atom. The molecule has 0 spiro atoms. The highest BCUT2D eigenvalue weighted by Crippen LogP contribution is 2.17. The van der Waals surface area contributed by atoms with Crippen LogP contribution in [0.25, 0.3) is 0 Å². The number of aliphatic hydroxyl groups excluding tert-OH is 1. The van der Waals surface area contributed by atoms with E-state index >= 15 is 0 Å². The van der Waals surface area contributed by atoms with Crippen LogP contribution in [-0.2, 0) is 0 Å². The van der Waals surface area contributed by atoms with Gasteiger partial charge in [-0.1, -0.05) is 0 Å². The zero-order chi connectivity index (χ0) is 9.14. The molecule has 2 unspecified atom stereocenters. The van der Waals surface area contributed by atoms with E-state index in [4.69, 9.17) is 5.11 Å². The minimum atomic E-state index is -3.14. The van der Waals surface area contributed by atoms with Gasteiger partial charge in [-0.05, 0) is 0 Å². The number of alkyl halides is 3. The van der Waals surface area contributed by atoms with Crippen molar-refractivity contribution in [1.82, 2.24) is 14.8 Å². The lowest BCUT2D eigenvalue weighted by atomic mass is 10.3. The summed E-state index contributed by atoms with van der Waals surface area (Å²) in [7, 11) is 0. The number of hydrogen-bond donors (Lipinski definition) is 1. The number of rotatable bonds is 3. The molecule has 0 aromatic carbocycles. The standard InChI is InChI=1S/C5H6F3N3O/c6-4(7)3(12)5(8)11-2-9-1-10-11/h1-5,12H. The van der Waals surface area contributed by atoms with E-state index in [1.54, 1.807) is 0 Å². The van der Waals surface area contributed by atoms with Crippen LogP contribution in [0.2, 0.25) is 0 Å². The Hall–Kier alpha value is -1.11. The van der Waals surface area contributed by atoms with Gasteiger partial charge in [-0.15, -0.1) is 0 Å². The highest BCUT2D eigenvalue weighted by Gasteiger charge is 2.29. The summed E-state index contributed by atoms with van der Waals surface area (Å²) in [6.45, 7) is 0. The molecule has 12 heavy (non-hydrogen) atoms. The van der Waals surface area contributed by atoms with Crippen LogP contribution >= 0.6 is 0 Å². The maximum Gasteiger partial charge on any atom is 0.268 e. The lowest BCUT2D eigenvalue weighted by Gasteiger charge is -2.13. The SMILES string of the molecule is OC(C(F)F)C(F)n1cncn1. The molecule has 0 bridgehead atoms. The largest absolute Gasteiger partial charge is 0.382 e. The van der Waals surface area contributed by atoms with Gasteiger partial charge >= 0.3 is 0 Å². The molecule has 0 aliphatic heterocycles. The third-order valence-electron chi connectivity index (χ3n) is 1.23. The van der Waals surface area contributed by atoms with Crippen LogP contribution in [0, 0.1) is 0 Å².